The fourth-order valence-electron chi connectivity index (χ4n) is 2.03. The third-order valence-electron chi connectivity index (χ3n) is 2.66. The highest BCUT2D eigenvalue weighted by Gasteiger charge is 2.15. The summed E-state index contributed by atoms with van der Waals surface area (Å²) in [6.45, 7) is 0. The molecule has 0 radical (unpaired) electrons. The molecule has 0 aromatic carbocycles. The summed E-state index contributed by atoms with van der Waals surface area (Å²) in [6.07, 6.45) is 8.70. The van der Waals surface area contributed by atoms with E-state index in [4.69, 9.17) is 0 Å². The molecule has 0 atom stereocenters. The second-order valence-corrected chi connectivity index (χ2v) is 3.50. The van der Waals surface area contributed by atoms with Crippen LogP contribution in [0.5, 0.6) is 0 Å². The molecule has 0 fully saturated rings. The molecule has 0 aliphatic heterocycles. The zero-order chi connectivity index (χ0) is 8.67. The van der Waals surface area contributed by atoms with E-state index < -0.39 is 0 Å². The molecule has 0 bridgehead atoms. The fourth-order valence-corrected chi connectivity index (χ4v) is 2.03. The van der Waals surface area contributed by atoms with Crippen LogP contribution in [0.4, 0.5) is 0 Å². The maximum absolute atomic E-state index is 4.51. The average molecular weight is 173 g/mol. The number of rotatable bonds is 0. The lowest BCUT2D eigenvalue weighted by Gasteiger charge is -2.09. The Morgan fingerprint density at radius 1 is 1.23 bits per heavy atom. The summed E-state index contributed by atoms with van der Waals surface area (Å²) in [5, 5.41) is 0. The smallest absolute Gasteiger partial charge is 0.234 e. The quantitative estimate of drug-likeness (QED) is 0.605. The third-order valence-corrected chi connectivity index (χ3v) is 2.66. The predicted molar refractivity (Wildman–Crippen MR) is 49.6 cm³/mol. The topological polar surface area (TPSA) is 30.2 Å². The second kappa shape index (κ2) is 2.55. The average Bonchev–Trinajstić information content (AvgIpc) is 2.56. The van der Waals surface area contributed by atoms with Gasteiger partial charge in [0.15, 0.2) is 0 Å². The summed E-state index contributed by atoms with van der Waals surface area (Å²) in [7, 11) is 0. The molecule has 3 rings (SSSR count). The van der Waals surface area contributed by atoms with Gasteiger partial charge in [-0.3, -0.25) is 4.40 Å². The number of hydrogen-bond donors (Lipinski definition) is 0. The van der Waals surface area contributed by atoms with Gasteiger partial charge in [-0.15, -0.1) is 0 Å². The molecule has 2 aromatic rings. The normalized spacial score (nSPS) is 16.0. The van der Waals surface area contributed by atoms with Gasteiger partial charge < -0.3 is 0 Å². The third kappa shape index (κ3) is 0.963. The van der Waals surface area contributed by atoms with Crippen molar-refractivity contribution in [1.29, 1.82) is 0 Å². The van der Waals surface area contributed by atoms with Crippen molar-refractivity contribution in [2.24, 2.45) is 0 Å². The maximum atomic E-state index is 4.51. The standard InChI is InChI=1S/C10H11N3/c1-2-5-9-8(4-1)12-10-11-6-3-7-13(9)10/h3,6-7H,1-2,4-5H2. The van der Waals surface area contributed by atoms with E-state index in [1.807, 2.05) is 6.07 Å². The number of aryl methyl sites for hydroxylation is 2. The lowest BCUT2D eigenvalue weighted by molar-refractivity contribution is 0.660. The van der Waals surface area contributed by atoms with Crippen molar-refractivity contribution in [3.8, 4) is 0 Å². The van der Waals surface area contributed by atoms with Crippen LogP contribution in [0, 0.1) is 0 Å². The zero-order valence-electron chi connectivity index (χ0n) is 7.40. The first-order valence-electron chi connectivity index (χ1n) is 4.76. The van der Waals surface area contributed by atoms with Gasteiger partial charge in [0.05, 0.1) is 5.69 Å². The van der Waals surface area contributed by atoms with Crippen LogP contribution < -0.4 is 0 Å². The summed E-state index contributed by atoms with van der Waals surface area (Å²) in [6, 6.07) is 1.96. The van der Waals surface area contributed by atoms with Crippen molar-refractivity contribution in [2.75, 3.05) is 0 Å². The van der Waals surface area contributed by atoms with Gasteiger partial charge in [-0.25, -0.2) is 9.97 Å². The van der Waals surface area contributed by atoms with Crippen molar-refractivity contribution in [3.63, 3.8) is 0 Å². The van der Waals surface area contributed by atoms with Crippen LogP contribution >= 0.6 is 0 Å². The van der Waals surface area contributed by atoms with Crippen molar-refractivity contribution < 1.29 is 0 Å². The Morgan fingerprint density at radius 2 is 2.15 bits per heavy atom. The van der Waals surface area contributed by atoms with Gasteiger partial charge in [-0.05, 0) is 31.7 Å². The summed E-state index contributed by atoms with van der Waals surface area (Å²) in [5.41, 5.74) is 2.62. The van der Waals surface area contributed by atoms with Crippen LogP contribution in [0.25, 0.3) is 5.78 Å². The molecule has 66 valence electrons. The first-order chi connectivity index (χ1) is 6.45. The summed E-state index contributed by atoms with van der Waals surface area (Å²) < 4.78 is 2.12. The molecule has 0 saturated carbocycles. The van der Waals surface area contributed by atoms with E-state index in [0.29, 0.717) is 0 Å². The fraction of sp³-hybridized carbons (Fsp3) is 0.400. The van der Waals surface area contributed by atoms with Gasteiger partial charge in [0, 0.05) is 18.1 Å². The van der Waals surface area contributed by atoms with E-state index in [9.17, 15) is 0 Å². The van der Waals surface area contributed by atoms with Gasteiger partial charge in [-0.2, -0.15) is 0 Å². The number of aromatic nitrogens is 3. The van der Waals surface area contributed by atoms with Gasteiger partial charge in [-0.1, -0.05) is 0 Å². The Kier molecular flexibility index (Phi) is 1.39. The highest BCUT2D eigenvalue weighted by atomic mass is 15.1. The molecule has 0 saturated heterocycles. The monoisotopic (exact) mass is 173 g/mol. The van der Waals surface area contributed by atoms with E-state index in [1.165, 1.54) is 24.2 Å². The van der Waals surface area contributed by atoms with Crippen LogP contribution in [-0.2, 0) is 12.8 Å². The van der Waals surface area contributed by atoms with E-state index in [2.05, 4.69) is 20.6 Å². The molecule has 1 aliphatic rings. The number of fused-ring (bicyclic) bond motifs is 3. The van der Waals surface area contributed by atoms with Gasteiger partial charge in [0.25, 0.3) is 0 Å². The summed E-state index contributed by atoms with van der Waals surface area (Å²) in [4.78, 5) is 8.74. The molecule has 3 heteroatoms. The first kappa shape index (κ1) is 7.06. The van der Waals surface area contributed by atoms with Crippen molar-refractivity contribution in [1.82, 2.24) is 14.4 Å². The molecular formula is C10H11N3. The largest absolute Gasteiger partial charge is 0.288 e. The SMILES string of the molecule is c1cnc2nc3c(n2c1)CCCC3. The Bertz CT molecular complexity index is 444. The molecule has 0 N–H and O–H groups in total. The van der Waals surface area contributed by atoms with E-state index >= 15 is 0 Å². The Morgan fingerprint density at radius 3 is 3.15 bits per heavy atom. The number of nitrogens with zero attached hydrogens (tertiary/aromatic N) is 3. The second-order valence-electron chi connectivity index (χ2n) is 3.50. The molecule has 2 aromatic heterocycles. The van der Waals surface area contributed by atoms with E-state index in [0.717, 1.165) is 18.6 Å². The molecule has 1 aliphatic carbocycles. The van der Waals surface area contributed by atoms with Crippen molar-refractivity contribution in [2.45, 2.75) is 25.7 Å². The van der Waals surface area contributed by atoms with Crippen LogP contribution in [0.2, 0.25) is 0 Å². The highest BCUT2D eigenvalue weighted by Crippen LogP contribution is 2.20. The van der Waals surface area contributed by atoms with Gasteiger partial charge >= 0.3 is 0 Å². The van der Waals surface area contributed by atoms with Gasteiger partial charge in [0.1, 0.15) is 0 Å². The first-order valence-corrected chi connectivity index (χ1v) is 4.76. The minimum atomic E-state index is 0.856. The lowest BCUT2D eigenvalue weighted by Crippen LogP contribution is -2.03. The summed E-state index contributed by atoms with van der Waals surface area (Å²) in [5.74, 6) is 0.856. The zero-order valence-corrected chi connectivity index (χ0v) is 7.40. The molecule has 0 unspecified atom stereocenters. The van der Waals surface area contributed by atoms with Crippen molar-refractivity contribution >= 4 is 5.78 Å². The number of hydrogen-bond acceptors (Lipinski definition) is 2. The molecule has 2 heterocycles. The number of imidazole rings is 1. The van der Waals surface area contributed by atoms with Crippen LogP contribution in [0.15, 0.2) is 18.5 Å². The highest BCUT2D eigenvalue weighted by molar-refractivity contribution is 5.36. The predicted octanol–water partition coefficient (Wildman–Crippen LogP) is 1.61. The van der Waals surface area contributed by atoms with Crippen molar-refractivity contribution in [3.05, 3.63) is 29.8 Å². The molecule has 0 amide bonds. The van der Waals surface area contributed by atoms with Crippen LogP contribution in [0.3, 0.4) is 0 Å². The minimum absolute atomic E-state index is 0.856. The van der Waals surface area contributed by atoms with E-state index in [1.54, 1.807) is 6.20 Å². The lowest BCUT2D eigenvalue weighted by atomic mass is 10.0. The molecular weight excluding hydrogens is 162 g/mol. The molecule has 0 spiro atoms. The maximum Gasteiger partial charge on any atom is 0.234 e. The van der Waals surface area contributed by atoms with Crippen LogP contribution in [-0.4, -0.2) is 14.4 Å². The Balaban J connectivity index is 2.34. The minimum Gasteiger partial charge on any atom is -0.288 e. The molecule has 3 nitrogen and oxygen atoms in total. The summed E-state index contributed by atoms with van der Waals surface area (Å²) >= 11 is 0. The van der Waals surface area contributed by atoms with Crippen LogP contribution in [0.1, 0.15) is 24.2 Å². The van der Waals surface area contributed by atoms with Gasteiger partial charge in [0.2, 0.25) is 5.78 Å². The van der Waals surface area contributed by atoms with E-state index in [-0.39, 0.29) is 0 Å². The molecule has 13 heavy (non-hydrogen) atoms. The Hall–Kier alpha value is -1.38. The Labute approximate surface area is 76.4 Å².